The van der Waals surface area contributed by atoms with Crippen LogP contribution in [0.25, 0.3) is 0 Å². The van der Waals surface area contributed by atoms with Gasteiger partial charge in [-0.05, 0) is 30.0 Å². The fourth-order valence-corrected chi connectivity index (χ4v) is 1.79. The Hall–Kier alpha value is -2.10. The molecule has 0 saturated heterocycles. The van der Waals surface area contributed by atoms with Crippen molar-refractivity contribution in [1.82, 2.24) is 9.55 Å². The van der Waals surface area contributed by atoms with Crippen molar-refractivity contribution in [3.8, 4) is 0 Å². The maximum atomic E-state index is 10.9. The molecule has 0 aliphatic carbocycles. The molecule has 2 rings (SSSR count). The maximum absolute atomic E-state index is 10.9. The van der Waals surface area contributed by atoms with Crippen LogP contribution < -0.4 is 11.3 Å². The van der Waals surface area contributed by atoms with Crippen LogP contribution in [0.3, 0.4) is 0 Å². The summed E-state index contributed by atoms with van der Waals surface area (Å²) in [5.41, 5.74) is 8.00. The summed E-state index contributed by atoms with van der Waals surface area (Å²) in [4.78, 5) is 14.8. The minimum absolute atomic E-state index is 0.0530. The van der Waals surface area contributed by atoms with Crippen LogP contribution in [0.1, 0.15) is 45.2 Å². The highest BCUT2D eigenvalue weighted by Gasteiger charge is 1.94. The van der Waals surface area contributed by atoms with Gasteiger partial charge in [0.25, 0.3) is 0 Å². The van der Waals surface area contributed by atoms with E-state index in [4.69, 9.17) is 5.73 Å². The van der Waals surface area contributed by atoms with Crippen LogP contribution in [0, 0.1) is 0 Å². The van der Waals surface area contributed by atoms with E-state index in [-0.39, 0.29) is 5.56 Å². The van der Waals surface area contributed by atoms with Gasteiger partial charge in [0, 0.05) is 25.5 Å². The fraction of sp³-hybridized carbons (Fsp3) is 0.444. The smallest absolute Gasteiger partial charge is 0.250 e. The van der Waals surface area contributed by atoms with E-state index in [1.165, 1.54) is 5.56 Å². The summed E-state index contributed by atoms with van der Waals surface area (Å²) < 4.78 is 1.60. The number of pyridine rings is 2. The number of hydrogen-bond acceptors (Lipinski definition) is 3. The van der Waals surface area contributed by atoms with Crippen molar-refractivity contribution in [2.45, 2.75) is 47.0 Å². The van der Waals surface area contributed by atoms with Crippen LogP contribution in [-0.4, -0.2) is 9.55 Å². The summed E-state index contributed by atoms with van der Waals surface area (Å²) in [6, 6.07) is 7.40. The summed E-state index contributed by atoms with van der Waals surface area (Å²) in [7, 11) is 1.77. The average Bonchev–Trinajstić information content (AvgIpc) is 2.55. The lowest BCUT2D eigenvalue weighted by Crippen LogP contribution is -2.14. The Morgan fingerprint density at radius 2 is 1.86 bits per heavy atom. The number of aryl methyl sites for hydroxylation is 3. The Balaban J connectivity index is 0.000000360. The van der Waals surface area contributed by atoms with Crippen molar-refractivity contribution in [3.63, 3.8) is 0 Å². The Kier molecular flexibility index (Phi) is 10.4. The van der Waals surface area contributed by atoms with E-state index in [2.05, 4.69) is 18.8 Å². The number of nitrogens with zero attached hydrogens (tertiary/aromatic N) is 2. The van der Waals surface area contributed by atoms with Gasteiger partial charge in [0.1, 0.15) is 5.82 Å². The van der Waals surface area contributed by atoms with E-state index in [1.54, 1.807) is 23.9 Å². The van der Waals surface area contributed by atoms with Gasteiger partial charge in [-0.25, -0.2) is 4.98 Å². The Morgan fingerprint density at radius 3 is 2.36 bits per heavy atom. The molecule has 0 bridgehead atoms. The van der Waals surface area contributed by atoms with Crippen LogP contribution in [0.5, 0.6) is 0 Å². The van der Waals surface area contributed by atoms with E-state index < -0.39 is 0 Å². The van der Waals surface area contributed by atoms with Gasteiger partial charge in [0.2, 0.25) is 5.56 Å². The van der Waals surface area contributed by atoms with Gasteiger partial charge in [0.15, 0.2) is 0 Å². The van der Waals surface area contributed by atoms with Crippen molar-refractivity contribution in [1.29, 1.82) is 0 Å². The van der Waals surface area contributed by atoms with E-state index in [0.717, 1.165) is 24.8 Å². The Bertz CT molecular complexity index is 591. The molecule has 2 aromatic heterocycles. The second-order valence-corrected chi connectivity index (χ2v) is 4.64. The monoisotopic (exact) mass is 303 g/mol. The number of rotatable bonds is 3. The summed E-state index contributed by atoms with van der Waals surface area (Å²) in [6.07, 6.45) is 6.71. The first-order valence-electron chi connectivity index (χ1n) is 7.93. The lowest BCUT2D eigenvalue weighted by atomic mass is 10.1. The number of nitrogens with two attached hydrogens (primary N) is 1. The second-order valence-electron chi connectivity index (χ2n) is 4.64. The van der Waals surface area contributed by atoms with Crippen molar-refractivity contribution >= 4 is 5.82 Å². The standard InChI is InChI=1S/C8H12N2.C8H11NO.C2H6/c1-2-4-7-5-3-6-10-8(7)9;1-3-7-4-5-8(10)9(2)6-7;1-2/h3,5-6H,2,4H2,1H3,(H2,9,10);4-6H,3H2,1-2H3;1-2H3. The molecule has 0 aliphatic rings. The van der Waals surface area contributed by atoms with Crippen molar-refractivity contribution in [2.24, 2.45) is 7.05 Å². The van der Waals surface area contributed by atoms with Crippen LogP contribution in [0.2, 0.25) is 0 Å². The minimum atomic E-state index is 0.0530. The number of aromatic nitrogens is 2. The van der Waals surface area contributed by atoms with Crippen LogP contribution in [-0.2, 0) is 19.9 Å². The molecule has 0 fully saturated rings. The van der Waals surface area contributed by atoms with E-state index in [0.29, 0.717) is 5.82 Å². The predicted octanol–water partition coefficient (Wildman–Crippen LogP) is 3.59. The zero-order valence-corrected chi connectivity index (χ0v) is 14.5. The van der Waals surface area contributed by atoms with Crippen LogP contribution in [0.4, 0.5) is 5.82 Å². The number of hydrogen-bond donors (Lipinski definition) is 1. The molecule has 22 heavy (non-hydrogen) atoms. The normalized spacial score (nSPS) is 9.14. The van der Waals surface area contributed by atoms with Gasteiger partial charge in [0.05, 0.1) is 0 Å². The fourth-order valence-electron chi connectivity index (χ4n) is 1.79. The minimum Gasteiger partial charge on any atom is -0.383 e. The highest BCUT2D eigenvalue weighted by Crippen LogP contribution is 2.08. The molecule has 0 amide bonds. The first-order valence-corrected chi connectivity index (χ1v) is 7.93. The van der Waals surface area contributed by atoms with Crippen molar-refractivity contribution in [2.75, 3.05) is 5.73 Å². The highest BCUT2D eigenvalue weighted by atomic mass is 16.1. The summed E-state index contributed by atoms with van der Waals surface area (Å²) >= 11 is 0. The van der Waals surface area contributed by atoms with Crippen molar-refractivity contribution in [3.05, 3.63) is 58.1 Å². The van der Waals surface area contributed by atoms with Gasteiger partial charge in [-0.1, -0.05) is 46.2 Å². The van der Waals surface area contributed by atoms with E-state index in [1.807, 2.05) is 38.2 Å². The van der Waals surface area contributed by atoms with Crippen LogP contribution in [0.15, 0.2) is 41.5 Å². The zero-order chi connectivity index (χ0) is 17.0. The second kappa shape index (κ2) is 11.5. The SMILES string of the molecule is CC.CCCc1cccnc1N.CCc1ccc(=O)n(C)c1. The van der Waals surface area contributed by atoms with Gasteiger partial charge < -0.3 is 10.3 Å². The molecule has 0 saturated carbocycles. The van der Waals surface area contributed by atoms with Crippen molar-refractivity contribution < 1.29 is 0 Å². The molecular weight excluding hydrogens is 274 g/mol. The van der Waals surface area contributed by atoms with Gasteiger partial charge >= 0.3 is 0 Å². The molecule has 122 valence electrons. The Labute approximate surface area is 134 Å². The molecular formula is C18H29N3O. The lowest BCUT2D eigenvalue weighted by molar-refractivity contribution is 0.842. The molecule has 2 aromatic rings. The molecule has 0 aromatic carbocycles. The van der Waals surface area contributed by atoms with Gasteiger partial charge in [-0.15, -0.1) is 0 Å². The summed E-state index contributed by atoms with van der Waals surface area (Å²) in [6.45, 7) is 8.20. The summed E-state index contributed by atoms with van der Waals surface area (Å²) in [5, 5.41) is 0. The molecule has 0 atom stereocenters. The summed E-state index contributed by atoms with van der Waals surface area (Å²) in [5.74, 6) is 0.671. The third kappa shape index (κ3) is 7.07. The molecule has 0 aliphatic heterocycles. The molecule has 2 heterocycles. The highest BCUT2D eigenvalue weighted by molar-refractivity contribution is 5.38. The zero-order valence-electron chi connectivity index (χ0n) is 14.5. The quantitative estimate of drug-likeness (QED) is 0.942. The van der Waals surface area contributed by atoms with Gasteiger partial charge in [-0.2, -0.15) is 0 Å². The molecule has 4 nitrogen and oxygen atoms in total. The first-order chi connectivity index (χ1) is 10.6. The molecule has 4 heteroatoms. The topological polar surface area (TPSA) is 60.9 Å². The largest absolute Gasteiger partial charge is 0.383 e. The number of nitrogen functional groups attached to an aromatic ring is 1. The maximum Gasteiger partial charge on any atom is 0.250 e. The molecule has 0 unspecified atom stereocenters. The van der Waals surface area contributed by atoms with E-state index in [9.17, 15) is 4.79 Å². The molecule has 2 N–H and O–H groups in total. The predicted molar refractivity (Wildman–Crippen MR) is 95.1 cm³/mol. The average molecular weight is 303 g/mol. The third-order valence-corrected chi connectivity index (χ3v) is 3.00. The van der Waals surface area contributed by atoms with E-state index >= 15 is 0 Å². The third-order valence-electron chi connectivity index (χ3n) is 3.00. The Morgan fingerprint density at radius 1 is 1.18 bits per heavy atom. The molecule has 0 spiro atoms. The van der Waals surface area contributed by atoms with Gasteiger partial charge in [-0.3, -0.25) is 4.79 Å². The first kappa shape index (κ1) is 19.9. The van der Waals surface area contributed by atoms with Crippen LogP contribution >= 0.6 is 0 Å². The lowest BCUT2D eigenvalue weighted by Gasteiger charge is -1.99. The molecule has 0 radical (unpaired) electrons. The number of anilines is 1.